The Hall–Kier alpha value is -3.22. The Kier molecular flexibility index (Phi) is 12.7. The molecule has 0 atom stereocenters. The molecule has 0 fully saturated rings. The normalized spacial score (nSPS) is 17.5. The van der Waals surface area contributed by atoms with Crippen molar-refractivity contribution >= 4 is 23.0 Å². The minimum absolute atomic E-state index is 0.0672. The zero-order valence-corrected chi connectivity index (χ0v) is 30.6. The van der Waals surface area contributed by atoms with Crippen LogP contribution < -0.4 is 16.0 Å². The molecule has 2 aromatic rings. The number of nitrogens with zero attached hydrogens (tertiary/aromatic N) is 3. The third-order valence-corrected chi connectivity index (χ3v) is 11.1. The van der Waals surface area contributed by atoms with E-state index in [0.29, 0.717) is 19.5 Å². The maximum atomic E-state index is 12.2. The molecule has 2 aliphatic heterocycles. The highest BCUT2D eigenvalue weighted by atomic mass is 16.1. The fourth-order valence-electron chi connectivity index (χ4n) is 7.85. The Bertz CT molecular complexity index is 1440. The van der Waals surface area contributed by atoms with E-state index in [0.717, 1.165) is 38.8 Å². The van der Waals surface area contributed by atoms with Crippen molar-refractivity contribution in [2.45, 2.75) is 97.8 Å². The molecule has 0 aliphatic carbocycles. The lowest BCUT2D eigenvalue weighted by atomic mass is 9.81. The van der Waals surface area contributed by atoms with E-state index in [1.54, 1.807) is 0 Å². The van der Waals surface area contributed by atoms with Crippen LogP contribution in [-0.2, 0) is 15.6 Å². The molecule has 0 saturated carbocycles. The number of para-hydroxylation sites is 2. The average molecular weight is 642 g/mol. The first-order valence-corrected chi connectivity index (χ1v) is 18.4. The number of allylic oxidation sites excluding steroid dienone is 4. The second kappa shape index (κ2) is 16.3. The summed E-state index contributed by atoms with van der Waals surface area (Å²) in [5, 5.41) is 2.98. The van der Waals surface area contributed by atoms with Crippen LogP contribution in [0.25, 0.3) is 0 Å². The first-order chi connectivity index (χ1) is 22.6. The van der Waals surface area contributed by atoms with Gasteiger partial charge in [-0.2, -0.15) is 4.58 Å². The van der Waals surface area contributed by atoms with E-state index in [1.165, 1.54) is 71.0 Å². The lowest BCUT2D eigenvalue weighted by Gasteiger charge is -2.35. The van der Waals surface area contributed by atoms with Crippen molar-refractivity contribution in [3.05, 3.63) is 83.6 Å². The van der Waals surface area contributed by atoms with Gasteiger partial charge in [0.05, 0.1) is 38.0 Å². The summed E-state index contributed by atoms with van der Waals surface area (Å²) in [7, 11) is 0. The van der Waals surface area contributed by atoms with Crippen LogP contribution in [0.3, 0.4) is 0 Å². The molecule has 2 aliphatic rings. The van der Waals surface area contributed by atoms with Gasteiger partial charge < -0.3 is 20.4 Å². The van der Waals surface area contributed by atoms with Gasteiger partial charge in [-0.15, -0.1) is 0 Å². The van der Waals surface area contributed by atoms with E-state index in [1.807, 2.05) is 0 Å². The van der Waals surface area contributed by atoms with Gasteiger partial charge in [-0.1, -0.05) is 62.7 Å². The highest BCUT2D eigenvalue weighted by molar-refractivity contribution is 6.03. The second-order valence-electron chi connectivity index (χ2n) is 14.6. The van der Waals surface area contributed by atoms with Gasteiger partial charge in [0.25, 0.3) is 0 Å². The Morgan fingerprint density at radius 3 is 2.26 bits per heavy atom. The number of anilines is 1. The van der Waals surface area contributed by atoms with E-state index in [4.69, 9.17) is 5.73 Å². The van der Waals surface area contributed by atoms with Gasteiger partial charge >= 0.3 is 0 Å². The van der Waals surface area contributed by atoms with Crippen LogP contribution in [0, 0.1) is 0 Å². The van der Waals surface area contributed by atoms with Crippen molar-refractivity contribution in [3.63, 3.8) is 0 Å². The smallest absolute Gasteiger partial charge is 0.219 e. The molecule has 256 valence electrons. The SMILES string of the molecule is CC[N+](CC)(CC)CCC[N+]1=C(C=CC=C2N(CCCCCC(=O)NCCCN)c3ccccc3C2(C)C)C(C)(C)c2ccccc21. The highest BCUT2D eigenvalue weighted by Gasteiger charge is 2.44. The number of fused-ring (bicyclic) bond motifs is 2. The van der Waals surface area contributed by atoms with Crippen LogP contribution in [0.1, 0.15) is 98.1 Å². The van der Waals surface area contributed by atoms with Crippen molar-refractivity contribution in [2.24, 2.45) is 5.73 Å². The van der Waals surface area contributed by atoms with E-state index in [-0.39, 0.29) is 16.7 Å². The summed E-state index contributed by atoms with van der Waals surface area (Å²) in [5.74, 6) is 0.139. The minimum atomic E-state index is -0.0932. The van der Waals surface area contributed by atoms with Crippen molar-refractivity contribution in [2.75, 3.05) is 57.3 Å². The van der Waals surface area contributed by atoms with Crippen LogP contribution in [0.2, 0.25) is 0 Å². The van der Waals surface area contributed by atoms with Crippen molar-refractivity contribution in [1.29, 1.82) is 0 Å². The van der Waals surface area contributed by atoms with Gasteiger partial charge in [0, 0.05) is 54.0 Å². The number of carbonyl (C=O) groups excluding carboxylic acids is 1. The summed E-state index contributed by atoms with van der Waals surface area (Å²) in [6.07, 6.45) is 12.6. The summed E-state index contributed by atoms with van der Waals surface area (Å²) in [5.41, 5.74) is 13.6. The van der Waals surface area contributed by atoms with Gasteiger partial charge in [-0.25, -0.2) is 0 Å². The largest absolute Gasteiger partial charge is 0.356 e. The molecule has 0 aromatic heterocycles. The molecule has 2 aromatic carbocycles. The minimum Gasteiger partial charge on any atom is -0.356 e. The molecule has 0 saturated heterocycles. The number of hydrogen-bond donors (Lipinski definition) is 2. The molecule has 2 heterocycles. The second-order valence-corrected chi connectivity index (χ2v) is 14.6. The molecule has 0 unspecified atom stereocenters. The summed E-state index contributed by atoms with van der Waals surface area (Å²) in [6, 6.07) is 17.9. The zero-order valence-electron chi connectivity index (χ0n) is 30.6. The van der Waals surface area contributed by atoms with Crippen molar-refractivity contribution in [1.82, 2.24) is 5.32 Å². The first-order valence-electron chi connectivity index (χ1n) is 18.4. The number of benzene rings is 2. The van der Waals surface area contributed by atoms with Crippen molar-refractivity contribution < 1.29 is 13.9 Å². The van der Waals surface area contributed by atoms with Crippen molar-refractivity contribution in [3.8, 4) is 0 Å². The first kappa shape index (κ1) is 36.6. The van der Waals surface area contributed by atoms with Crippen LogP contribution in [0.5, 0.6) is 0 Å². The van der Waals surface area contributed by atoms with Crippen LogP contribution >= 0.6 is 0 Å². The van der Waals surface area contributed by atoms with Gasteiger partial charge in [-0.3, -0.25) is 4.79 Å². The van der Waals surface area contributed by atoms with Crippen LogP contribution in [-0.4, -0.2) is 73.0 Å². The average Bonchev–Trinajstić information content (AvgIpc) is 3.42. The number of quaternary nitrogens is 1. The molecular weight excluding hydrogens is 578 g/mol. The summed E-state index contributed by atoms with van der Waals surface area (Å²) < 4.78 is 3.78. The number of nitrogens with two attached hydrogens (primary N) is 1. The monoisotopic (exact) mass is 642 g/mol. The molecule has 0 radical (unpaired) electrons. The van der Waals surface area contributed by atoms with E-state index < -0.39 is 0 Å². The topological polar surface area (TPSA) is 61.4 Å². The van der Waals surface area contributed by atoms with E-state index in [2.05, 4.69) is 130 Å². The molecule has 0 bridgehead atoms. The fourth-order valence-corrected chi connectivity index (χ4v) is 7.85. The quantitative estimate of drug-likeness (QED) is 0.100. The number of amides is 1. The van der Waals surface area contributed by atoms with E-state index in [9.17, 15) is 4.79 Å². The molecular formula is C41H63N5O+2. The number of unbranched alkanes of at least 4 members (excludes halogenated alkanes) is 2. The van der Waals surface area contributed by atoms with Gasteiger partial charge in [0.1, 0.15) is 0 Å². The Balaban J connectivity index is 1.56. The van der Waals surface area contributed by atoms with Crippen LogP contribution in [0.4, 0.5) is 11.4 Å². The Labute approximate surface area is 286 Å². The number of hydrogen-bond acceptors (Lipinski definition) is 3. The molecule has 0 spiro atoms. The third-order valence-electron chi connectivity index (χ3n) is 11.1. The summed E-state index contributed by atoms with van der Waals surface area (Å²) in [6.45, 7) is 24.5. The fraction of sp³-hybridized carbons (Fsp3) is 0.561. The Morgan fingerprint density at radius 2 is 1.55 bits per heavy atom. The zero-order chi connectivity index (χ0) is 34.1. The predicted octanol–water partition coefficient (Wildman–Crippen LogP) is 7.59. The number of rotatable bonds is 18. The molecule has 3 N–H and O–H groups in total. The lowest BCUT2D eigenvalue weighted by Crippen LogP contribution is -2.48. The standard InChI is InChI=1S/C41H62N5O/c1-8-46(9-2,10-3)32-20-31-45-36-24-16-14-22-34(36)41(6,7)38(45)26-18-25-37-40(4,5)33-21-13-15-23-35(33)44(37)30-17-11-12-27-39(47)43-29-19-28-42/h13-16,18,21-26H,8-12,17,19-20,27-32,42H2,1-7H3/q+1/p+1. The van der Waals surface area contributed by atoms with Gasteiger partial charge in [0.15, 0.2) is 12.3 Å². The summed E-state index contributed by atoms with van der Waals surface area (Å²) >= 11 is 0. The molecule has 47 heavy (non-hydrogen) atoms. The van der Waals surface area contributed by atoms with Gasteiger partial charge in [-0.05, 0) is 78.1 Å². The molecule has 4 rings (SSSR count). The van der Waals surface area contributed by atoms with Gasteiger partial charge in [0.2, 0.25) is 11.6 Å². The Morgan fingerprint density at radius 1 is 0.872 bits per heavy atom. The molecule has 1 amide bonds. The maximum absolute atomic E-state index is 12.2. The predicted molar refractivity (Wildman–Crippen MR) is 200 cm³/mol. The third kappa shape index (κ3) is 8.09. The molecule has 6 nitrogen and oxygen atoms in total. The number of nitrogens with one attached hydrogen (secondary N) is 1. The van der Waals surface area contributed by atoms with E-state index >= 15 is 0 Å². The molecule has 6 heteroatoms. The van der Waals surface area contributed by atoms with Crippen LogP contribution in [0.15, 0.2) is 72.5 Å². The maximum Gasteiger partial charge on any atom is 0.219 e. The number of carbonyl (C=O) groups is 1. The lowest BCUT2D eigenvalue weighted by molar-refractivity contribution is -0.924. The summed E-state index contributed by atoms with van der Waals surface area (Å²) in [4.78, 5) is 14.7. The highest BCUT2D eigenvalue weighted by Crippen LogP contribution is 2.48.